The number of carbonyl (C=O) groups is 1. The molecule has 2 saturated heterocycles. The first-order valence-corrected chi connectivity index (χ1v) is 14.6. The number of ether oxygens (including phenoxy) is 5. The fourth-order valence-electron chi connectivity index (χ4n) is 10.4. The van der Waals surface area contributed by atoms with E-state index in [1.165, 1.54) is 7.11 Å². The Balaban J connectivity index is 1.42. The summed E-state index contributed by atoms with van der Waals surface area (Å²) >= 11 is 0. The number of hydrogen-bond donors (Lipinski definition) is 2. The highest BCUT2D eigenvalue weighted by Crippen LogP contribution is 2.74. The van der Waals surface area contributed by atoms with Crippen LogP contribution in [0.15, 0.2) is 42.0 Å². The minimum atomic E-state index is -1.58. The smallest absolute Gasteiger partial charge is 0.338 e. The minimum Gasteiger partial charge on any atom is -0.455 e. The second-order valence-electron chi connectivity index (χ2n) is 12.8. The Bertz CT molecular complexity index is 1190. The van der Waals surface area contributed by atoms with Crippen LogP contribution in [0.4, 0.5) is 0 Å². The molecule has 2 heterocycles. The molecule has 0 radical (unpaired) electrons. The first kappa shape index (κ1) is 27.0. The van der Waals surface area contributed by atoms with Gasteiger partial charge in [-0.05, 0) is 49.4 Å². The van der Waals surface area contributed by atoms with Gasteiger partial charge in [0.1, 0.15) is 30.1 Å². The van der Waals surface area contributed by atoms with Crippen LogP contribution in [0.25, 0.3) is 0 Å². The zero-order valence-corrected chi connectivity index (χ0v) is 23.7. The van der Waals surface area contributed by atoms with E-state index in [4.69, 9.17) is 23.7 Å². The summed E-state index contributed by atoms with van der Waals surface area (Å²) in [5.74, 6) is -0.999. The van der Waals surface area contributed by atoms with E-state index in [0.717, 1.165) is 31.5 Å². The Kier molecular flexibility index (Phi) is 6.30. The number of piperidine rings is 1. The molecular formula is C31H41NO8. The number of hydrogen-bond acceptors (Lipinski definition) is 9. The van der Waals surface area contributed by atoms with Crippen LogP contribution in [-0.2, 0) is 23.7 Å². The van der Waals surface area contributed by atoms with Gasteiger partial charge in [-0.3, -0.25) is 4.90 Å². The summed E-state index contributed by atoms with van der Waals surface area (Å²) in [5.41, 5.74) is -1.09. The predicted molar refractivity (Wildman–Crippen MR) is 143 cm³/mol. The molecular weight excluding hydrogens is 514 g/mol. The number of fused-ring (bicyclic) bond motifs is 1. The van der Waals surface area contributed by atoms with Crippen LogP contribution in [0, 0.1) is 28.6 Å². The summed E-state index contributed by atoms with van der Waals surface area (Å²) in [7, 11) is 5.04. The number of methoxy groups -OCH3 is 3. The van der Waals surface area contributed by atoms with Crippen LogP contribution in [0.3, 0.4) is 0 Å². The van der Waals surface area contributed by atoms with Gasteiger partial charge in [0.05, 0.1) is 24.4 Å². The van der Waals surface area contributed by atoms with Gasteiger partial charge in [0, 0.05) is 50.5 Å². The largest absolute Gasteiger partial charge is 0.455 e. The van der Waals surface area contributed by atoms with Gasteiger partial charge in [0.25, 0.3) is 0 Å². The van der Waals surface area contributed by atoms with Gasteiger partial charge in [0.2, 0.25) is 0 Å². The Morgan fingerprint density at radius 3 is 2.60 bits per heavy atom. The first-order chi connectivity index (χ1) is 19.3. The van der Waals surface area contributed by atoms with Crippen molar-refractivity contribution >= 4 is 5.97 Å². The van der Waals surface area contributed by atoms with E-state index in [0.29, 0.717) is 18.6 Å². The second kappa shape index (κ2) is 9.33. The third-order valence-electron chi connectivity index (χ3n) is 11.5. The van der Waals surface area contributed by atoms with Crippen molar-refractivity contribution in [3.8, 4) is 0 Å². The van der Waals surface area contributed by atoms with Crippen molar-refractivity contribution in [2.75, 3.05) is 41.0 Å². The Hall–Kier alpha value is -1.85. The average molecular weight is 556 g/mol. The lowest BCUT2D eigenvalue weighted by Crippen LogP contribution is -2.71. The molecule has 2 aliphatic heterocycles. The number of carbonyl (C=O) groups excluding carboxylic acids is 1. The van der Waals surface area contributed by atoms with Crippen molar-refractivity contribution in [3.63, 3.8) is 0 Å². The van der Waals surface area contributed by atoms with Gasteiger partial charge in [-0.1, -0.05) is 31.2 Å². The molecule has 40 heavy (non-hydrogen) atoms. The average Bonchev–Trinajstić information content (AvgIpc) is 3.30. The number of rotatable bonds is 7. The summed E-state index contributed by atoms with van der Waals surface area (Å²) in [6, 6.07) is 8.86. The summed E-state index contributed by atoms with van der Waals surface area (Å²) in [6.07, 6.45) is 0.683. The van der Waals surface area contributed by atoms with Crippen molar-refractivity contribution < 1.29 is 38.7 Å². The van der Waals surface area contributed by atoms with E-state index in [1.54, 1.807) is 38.5 Å². The molecule has 5 fully saturated rings. The number of benzene rings is 1. The zero-order chi connectivity index (χ0) is 28.0. The van der Waals surface area contributed by atoms with Crippen molar-refractivity contribution in [1.29, 1.82) is 0 Å². The van der Waals surface area contributed by atoms with E-state index in [1.807, 2.05) is 6.07 Å². The molecule has 0 aromatic heterocycles. The Morgan fingerprint density at radius 2 is 1.93 bits per heavy atom. The molecule has 1 aromatic carbocycles. The van der Waals surface area contributed by atoms with E-state index in [2.05, 4.69) is 17.9 Å². The summed E-state index contributed by atoms with van der Waals surface area (Å²) in [6.45, 7) is 4.43. The maximum absolute atomic E-state index is 13.4. The lowest BCUT2D eigenvalue weighted by molar-refractivity contribution is -0.246. The van der Waals surface area contributed by atoms with E-state index >= 15 is 0 Å². The molecule has 9 heteroatoms. The monoisotopic (exact) mass is 555 g/mol. The van der Waals surface area contributed by atoms with Gasteiger partial charge in [-0.2, -0.15) is 0 Å². The highest BCUT2D eigenvalue weighted by molar-refractivity contribution is 5.89. The molecule has 1 aromatic rings. The Morgan fingerprint density at radius 1 is 1.15 bits per heavy atom. The minimum absolute atomic E-state index is 0.0653. The van der Waals surface area contributed by atoms with Gasteiger partial charge in [-0.25, -0.2) is 4.79 Å². The molecule has 0 unspecified atom stereocenters. The Labute approximate surface area is 235 Å². The second-order valence-corrected chi connectivity index (χ2v) is 12.8. The van der Waals surface area contributed by atoms with Crippen LogP contribution >= 0.6 is 0 Å². The van der Waals surface area contributed by atoms with Crippen molar-refractivity contribution in [3.05, 3.63) is 47.5 Å². The highest BCUT2D eigenvalue weighted by atomic mass is 16.6. The predicted octanol–water partition coefficient (Wildman–Crippen LogP) is 2.01. The van der Waals surface area contributed by atoms with Gasteiger partial charge in [-0.15, -0.1) is 0 Å². The molecule has 4 aliphatic carbocycles. The quantitative estimate of drug-likeness (QED) is 0.386. The van der Waals surface area contributed by atoms with Crippen molar-refractivity contribution in [2.45, 2.75) is 68.5 Å². The highest BCUT2D eigenvalue weighted by Gasteiger charge is 2.81. The molecule has 9 nitrogen and oxygen atoms in total. The van der Waals surface area contributed by atoms with Gasteiger partial charge in [0.15, 0.2) is 0 Å². The molecule has 218 valence electrons. The molecule has 3 saturated carbocycles. The first-order valence-electron chi connectivity index (χ1n) is 14.6. The van der Waals surface area contributed by atoms with Crippen LogP contribution in [0.2, 0.25) is 0 Å². The normalized spacial score (nSPS) is 48.5. The maximum atomic E-state index is 13.4. The SMILES string of the molecule is CCN1C[C@]2(COC)CC[C@@H](OC)[C@]34[C@@H]5C[C@@]6(O)[C@@H](OC(=O)c7ccccc7)[C@@H]5C(=C[C@H](O[C@@H]13)[C@H]24)[C@@H](O)[C@@H]6OC. The van der Waals surface area contributed by atoms with E-state index < -0.39 is 41.2 Å². The van der Waals surface area contributed by atoms with Gasteiger partial charge < -0.3 is 33.9 Å². The lowest BCUT2D eigenvalue weighted by Gasteiger charge is -2.64. The lowest BCUT2D eigenvalue weighted by atomic mass is 9.46. The van der Waals surface area contributed by atoms with E-state index in [-0.39, 0.29) is 35.7 Å². The standard InChI is InChI=1S/C31H41NO8/c1-5-32-15-29(16-36-2)12-11-21(37-3)31-19-14-30(35)25(40-27(34)17-9-7-6-8-10-17)22(19)18(23(33)26(30)38-4)13-20(24(29)31)39-28(31)32/h6-10,13,19-26,28,33,35H,5,11-12,14-16H2,1-4H3/t19-,20+,21-,22-,23-,24-,25+,26+,28-,29+,30-,31+/m1/s1. The summed E-state index contributed by atoms with van der Waals surface area (Å²) in [5, 5.41) is 24.2. The maximum Gasteiger partial charge on any atom is 0.338 e. The van der Waals surface area contributed by atoms with Crippen molar-refractivity contribution in [1.82, 2.24) is 4.90 Å². The number of esters is 1. The molecule has 0 spiro atoms. The molecule has 7 rings (SSSR count). The topological polar surface area (TPSA) is 107 Å². The number of aliphatic hydroxyl groups is 2. The summed E-state index contributed by atoms with van der Waals surface area (Å²) in [4.78, 5) is 15.9. The third-order valence-corrected chi connectivity index (χ3v) is 11.5. The molecule has 6 aliphatic rings. The molecule has 7 bridgehead atoms. The zero-order valence-electron chi connectivity index (χ0n) is 23.7. The van der Waals surface area contributed by atoms with Crippen LogP contribution in [-0.4, -0.2) is 104 Å². The number of likely N-dealkylation sites (tertiary alicyclic amines) is 1. The van der Waals surface area contributed by atoms with Crippen LogP contribution in [0.5, 0.6) is 0 Å². The number of nitrogens with zero attached hydrogens (tertiary/aromatic N) is 1. The fraction of sp³-hybridized carbons (Fsp3) is 0.710. The summed E-state index contributed by atoms with van der Waals surface area (Å²) < 4.78 is 31.3. The molecule has 0 amide bonds. The van der Waals surface area contributed by atoms with E-state index in [9.17, 15) is 15.0 Å². The van der Waals surface area contributed by atoms with Gasteiger partial charge >= 0.3 is 5.97 Å². The number of aliphatic hydroxyl groups excluding tert-OH is 1. The fourth-order valence-corrected chi connectivity index (χ4v) is 10.4. The molecule has 2 N–H and O–H groups in total. The third kappa shape index (κ3) is 3.20. The molecule has 12 atom stereocenters. The van der Waals surface area contributed by atoms with Crippen LogP contribution in [0.1, 0.15) is 36.5 Å². The van der Waals surface area contributed by atoms with Crippen LogP contribution < -0.4 is 0 Å². The van der Waals surface area contributed by atoms with Crippen molar-refractivity contribution in [2.24, 2.45) is 28.6 Å².